The summed E-state index contributed by atoms with van der Waals surface area (Å²) in [5.74, 6) is 2.39. The predicted molar refractivity (Wildman–Crippen MR) is 133 cm³/mol. The molecule has 0 bridgehead atoms. The number of rotatable bonds is 7. The van der Waals surface area contributed by atoms with Crippen LogP contribution in [0.25, 0.3) is 33.7 Å². The zero-order valence-electron chi connectivity index (χ0n) is 19.8. The number of nitrogens with zero attached hydrogens (tertiary/aromatic N) is 3. The Morgan fingerprint density at radius 2 is 1.61 bits per heavy atom. The fraction of sp³-hybridized carbons (Fsp3) is 0.154. The van der Waals surface area contributed by atoms with Crippen molar-refractivity contribution in [2.75, 3.05) is 21.3 Å². The third-order valence-corrected chi connectivity index (χ3v) is 5.74. The molecule has 0 radical (unpaired) electrons. The third-order valence-electron chi connectivity index (χ3n) is 5.74. The average molecular weight is 486 g/mol. The number of methoxy groups -OCH3 is 3. The number of fused-ring (bicyclic) bond motifs is 1. The second-order valence-corrected chi connectivity index (χ2v) is 7.96. The summed E-state index contributed by atoms with van der Waals surface area (Å²) in [5, 5.41) is 4.42. The molecule has 0 saturated heterocycles. The minimum absolute atomic E-state index is 0.111. The number of benzene rings is 3. The predicted octanol–water partition coefficient (Wildman–Crippen LogP) is 3.48. The maximum absolute atomic E-state index is 13.1. The zero-order valence-corrected chi connectivity index (χ0v) is 19.8. The molecule has 0 fully saturated rings. The maximum atomic E-state index is 13.1. The molecule has 5 rings (SSSR count). The van der Waals surface area contributed by atoms with Crippen molar-refractivity contribution in [1.29, 1.82) is 0 Å². The Morgan fingerprint density at radius 3 is 2.33 bits per heavy atom. The minimum atomic E-state index is -0.526. The molecule has 0 saturated carbocycles. The summed E-state index contributed by atoms with van der Waals surface area (Å²) in [6.45, 7) is 0.111. The average Bonchev–Trinajstić information content (AvgIpc) is 3.41. The summed E-state index contributed by atoms with van der Waals surface area (Å²) >= 11 is 0. The zero-order chi connectivity index (χ0) is 25.2. The number of hydrogen-bond donors (Lipinski definition) is 1. The molecule has 0 aliphatic carbocycles. The lowest BCUT2D eigenvalue weighted by Gasteiger charge is -2.08. The third kappa shape index (κ3) is 4.31. The standard InChI is InChI=1S/C26H22N4O6/c1-33-18-6-4-5-15(9-18)14-30-25(31)21-8-7-16(12-22(21)27-26(30)32)24-28-23(29-36-24)17-10-19(34-2)13-20(11-17)35-3/h4-13H,14H2,1-3H3,(H,27,32). The molecule has 10 nitrogen and oxygen atoms in total. The van der Waals surface area contributed by atoms with Crippen LogP contribution in [-0.4, -0.2) is 41.0 Å². The number of aromatic nitrogens is 4. The van der Waals surface area contributed by atoms with Crippen molar-refractivity contribution in [3.05, 3.63) is 87.1 Å². The first-order chi connectivity index (χ1) is 17.5. The van der Waals surface area contributed by atoms with Crippen LogP contribution in [0.5, 0.6) is 17.2 Å². The van der Waals surface area contributed by atoms with Gasteiger partial charge in [0.05, 0.1) is 38.8 Å². The highest BCUT2D eigenvalue weighted by molar-refractivity contribution is 5.82. The van der Waals surface area contributed by atoms with Gasteiger partial charge in [0.25, 0.3) is 11.4 Å². The van der Waals surface area contributed by atoms with E-state index < -0.39 is 11.2 Å². The Morgan fingerprint density at radius 1 is 0.861 bits per heavy atom. The smallest absolute Gasteiger partial charge is 0.329 e. The molecule has 2 heterocycles. The fourth-order valence-electron chi connectivity index (χ4n) is 3.88. The number of aromatic amines is 1. The first-order valence-corrected chi connectivity index (χ1v) is 11.0. The van der Waals surface area contributed by atoms with Crippen molar-refractivity contribution in [2.24, 2.45) is 0 Å². The Labute approximate surface area is 204 Å². The van der Waals surface area contributed by atoms with E-state index >= 15 is 0 Å². The van der Waals surface area contributed by atoms with E-state index in [1.165, 1.54) is 0 Å². The van der Waals surface area contributed by atoms with E-state index in [1.807, 2.05) is 6.07 Å². The van der Waals surface area contributed by atoms with E-state index in [-0.39, 0.29) is 12.4 Å². The number of ether oxygens (including phenoxy) is 3. The molecular weight excluding hydrogens is 464 g/mol. The number of H-pyrrole nitrogens is 1. The lowest BCUT2D eigenvalue weighted by atomic mass is 10.1. The van der Waals surface area contributed by atoms with Crippen LogP contribution in [-0.2, 0) is 6.54 Å². The number of nitrogens with one attached hydrogen (secondary N) is 1. The molecule has 0 aliphatic heterocycles. The molecule has 2 aromatic heterocycles. The first kappa shape index (κ1) is 22.9. The quantitative estimate of drug-likeness (QED) is 0.371. The van der Waals surface area contributed by atoms with Gasteiger partial charge < -0.3 is 23.7 Å². The van der Waals surface area contributed by atoms with Crippen molar-refractivity contribution in [3.8, 4) is 40.1 Å². The summed E-state index contributed by atoms with van der Waals surface area (Å²) in [7, 11) is 4.67. The van der Waals surface area contributed by atoms with Gasteiger partial charge in [0.15, 0.2) is 0 Å². The SMILES string of the molecule is COc1cccc(Cn2c(=O)[nH]c3cc(-c4nc(-c5cc(OC)cc(OC)c5)no4)ccc3c2=O)c1. The summed E-state index contributed by atoms with van der Waals surface area (Å²) in [6, 6.07) is 17.4. The topological polar surface area (TPSA) is 121 Å². The highest BCUT2D eigenvalue weighted by Crippen LogP contribution is 2.30. The van der Waals surface area contributed by atoms with Crippen molar-refractivity contribution in [3.63, 3.8) is 0 Å². The number of hydrogen-bond acceptors (Lipinski definition) is 8. The van der Waals surface area contributed by atoms with Crippen molar-refractivity contribution < 1.29 is 18.7 Å². The van der Waals surface area contributed by atoms with Gasteiger partial charge in [-0.1, -0.05) is 17.3 Å². The van der Waals surface area contributed by atoms with Crippen LogP contribution in [0.15, 0.2) is 74.8 Å². The highest BCUT2D eigenvalue weighted by Gasteiger charge is 2.15. The van der Waals surface area contributed by atoms with Gasteiger partial charge in [0, 0.05) is 17.2 Å². The van der Waals surface area contributed by atoms with Crippen LogP contribution < -0.4 is 25.5 Å². The molecule has 0 atom stereocenters. The summed E-state index contributed by atoms with van der Waals surface area (Å²) in [6.07, 6.45) is 0. The van der Waals surface area contributed by atoms with Gasteiger partial charge in [-0.2, -0.15) is 4.98 Å². The van der Waals surface area contributed by atoms with Crippen LogP contribution in [0, 0.1) is 0 Å². The van der Waals surface area contributed by atoms with Crippen molar-refractivity contribution in [1.82, 2.24) is 19.7 Å². The molecular formula is C26H22N4O6. The van der Waals surface area contributed by atoms with E-state index in [2.05, 4.69) is 15.1 Å². The van der Waals surface area contributed by atoms with Gasteiger partial charge in [0.1, 0.15) is 17.2 Å². The Bertz CT molecular complexity index is 1660. The molecule has 0 aliphatic rings. The van der Waals surface area contributed by atoms with Crippen LogP contribution in [0.3, 0.4) is 0 Å². The second kappa shape index (κ2) is 9.41. The van der Waals surface area contributed by atoms with E-state index in [0.29, 0.717) is 45.1 Å². The van der Waals surface area contributed by atoms with E-state index in [1.54, 1.807) is 75.9 Å². The van der Waals surface area contributed by atoms with E-state index in [0.717, 1.165) is 10.1 Å². The molecule has 0 unspecified atom stereocenters. The Hall–Kier alpha value is -4.86. The normalized spacial score (nSPS) is 11.0. The van der Waals surface area contributed by atoms with Crippen LogP contribution >= 0.6 is 0 Å². The Kier molecular flexibility index (Phi) is 5.99. The van der Waals surface area contributed by atoms with Crippen molar-refractivity contribution in [2.45, 2.75) is 6.54 Å². The molecule has 0 spiro atoms. The molecule has 10 heteroatoms. The second-order valence-electron chi connectivity index (χ2n) is 7.96. The summed E-state index contributed by atoms with van der Waals surface area (Å²) in [5.41, 5.74) is 1.41. The van der Waals surface area contributed by atoms with Gasteiger partial charge in [-0.05, 0) is 48.0 Å². The molecule has 36 heavy (non-hydrogen) atoms. The molecule has 5 aromatic rings. The largest absolute Gasteiger partial charge is 0.497 e. The molecule has 182 valence electrons. The van der Waals surface area contributed by atoms with E-state index in [9.17, 15) is 9.59 Å². The monoisotopic (exact) mass is 486 g/mol. The molecule has 1 N–H and O–H groups in total. The van der Waals surface area contributed by atoms with Gasteiger partial charge in [-0.25, -0.2) is 4.79 Å². The summed E-state index contributed by atoms with van der Waals surface area (Å²) in [4.78, 5) is 33.1. The minimum Gasteiger partial charge on any atom is -0.497 e. The lowest BCUT2D eigenvalue weighted by molar-refractivity contribution is 0.394. The fourth-order valence-corrected chi connectivity index (χ4v) is 3.88. The van der Waals surface area contributed by atoms with Gasteiger partial charge >= 0.3 is 5.69 Å². The van der Waals surface area contributed by atoms with Crippen molar-refractivity contribution >= 4 is 10.9 Å². The molecule has 0 amide bonds. The van der Waals surface area contributed by atoms with Crippen LogP contribution in [0.4, 0.5) is 0 Å². The highest BCUT2D eigenvalue weighted by atomic mass is 16.5. The lowest BCUT2D eigenvalue weighted by Crippen LogP contribution is -2.35. The first-order valence-electron chi connectivity index (χ1n) is 11.0. The maximum Gasteiger partial charge on any atom is 0.329 e. The van der Waals surface area contributed by atoms with Gasteiger partial charge in [-0.3, -0.25) is 9.36 Å². The van der Waals surface area contributed by atoms with Crippen LogP contribution in [0.2, 0.25) is 0 Å². The van der Waals surface area contributed by atoms with Gasteiger partial charge in [0.2, 0.25) is 5.82 Å². The summed E-state index contributed by atoms with van der Waals surface area (Å²) < 4.78 is 22.4. The van der Waals surface area contributed by atoms with Gasteiger partial charge in [-0.15, -0.1) is 0 Å². The van der Waals surface area contributed by atoms with E-state index in [4.69, 9.17) is 18.7 Å². The molecule has 3 aromatic carbocycles. The Balaban J connectivity index is 1.50. The van der Waals surface area contributed by atoms with Crippen LogP contribution in [0.1, 0.15) is 5.56 Å².